The van der Waals surface area contributed by atoms with E-state index in [1.54, 1.807) is 23.2 Å². The summed E-state index contributed by atoms with van der Waals surface area (Å²) in [6.45, 7) is 2.37. The zero-order valence-electron chi connectivity index (χ0n) is 30.6. The summed E-state index contributed by atoms with van der Waals surface area (Å²) in [5, 5.41) is 4.29. The van der Waals surface area contributed by atoms with Gasteiger partial charge in [0.25, 0.3) is 11.8 Å². The molecule has 3 aliphatic heterocycles. The second kappa shape index (κ2) is 14.3. The van der Waals surface area contributed by atoms with Crippen LogP contribution in [0, 0.1) is 11.8 Å². The summed E-state index contributed by atoms with van der Waals surface area (Å²) in [6, 6.07) is 19.0. The van der Waals surface area contributed by atoms with Crippen LogP contribution in [0.5, 0.6) is 0 Å². The van der Waals surface area contributed by atoms with E-state index in [2.05, 4.69) is 47.3 Å². The van der Waals surface area contributed by atoms with Gasteiger partial charge in [-0.05, 0) is 94.8 Å². The Bertz CT molecular complexity index is 2550. The number of fused-ring (bicyclic) bond motifs is 3. The van der Waals surface area contributed by atoms with E-state index in [-0.39, 0.29) is 42.8 Å². The molecule has 3 N–H and O–H groups in total. The highest BCUT2D eigenvalue weighted by molar-refractivity contribution is 6.06. The molecule has 1 unspecified atom stereocenters. The number of nitrogens with zero attached hydrogens (tertiary/aromatic N) is 4. The minimum Gasteiger partial charge on any atom is -0.364 e. The van der Waals surface area contributed by atoms with E-state index >= 15 is 0 Å². The van der Waals surface area contributed by atoms with Gasteiger partial charge in [-0.1, -0.05) is 49.1 Å². The number of pyridine rings is 2. The number of piperidine rings is 1. The number of amides is 5. The first-order valence-electron chi connectivity index (χ1n) is 18.5. The van der Waals surface area contributed by atoms with E-state index in [1.807, 2.05) is 43.6 Å². The maximum absolute atomic E-state index is 13.2. The number of carbonyl (C=O) groups excluding carboxylic acids is 5. The van der Waals surface area contributed by atoms with E-state index < -0.39 is 17.9 Å². The molecule has 3 aliphatic rings. The van der Waals surface area contributed by atoms with Gasteiger partial charge in [-0.3, -0.25) is 39.3 Å². The number of carbonyl (C=O) groups is 5. The highest BCUT2D eigenvalue weighted by Crippen LogP contribution is 2.38. The molecule has 1 fully saturated rings. The fourth-order valence-corrected chi connectivity index (χ4v) is 8.01. The lowest BCUT2D eigenvalue weighted by molar-refractivity contribution is -0.137. The van der Waals surface area contributed by atoms with Crippen molar-refractivity contribution in [3.05, 3.63) is 112 Å². The Morgan fingerprint density at radius 1 is 0.909 bits per heavy atom. The molecule has 0 spiro atoms. The summed E-state index contributed by atoms with van der Waals surface area (Å²) in [5.41, 5.74) is 15.4. The van der Waals surface area contributed by atoms with Crippen LogP contribution < -0.4 is 16.0 Å². The summed E-state index contributed by atoms with van der Waals surface area (Å²) in [5.74, 6) is 4.81. The molecule has 3 aromatic carbocycles. The molecule has 274 valence electrons. The summed E-state index contributed by atoms with van der Waals surface area (Å²) < 4.78 is 0. The third kappa shape index (κ3) is 6.50. The zero-order chi connectivity index (χ0) is 38.4. The van der Waals surface area contributed by atoms with E-state index in [0.29, 0.717) is 41.6 Å². The molecule has 55 heavy (non-hydrogen) atoms. The Labute approximate surface area is 317 Å². The molecule has 0 aliphatic carbocycles. The Kier molecular flexibility index (Phi) is 9.19. The van der Waals surface area contributed by atoms with Gasteiger partial charge in [0.05, 0.1) is 5.69 Å². The number of nitrogens with one attached hydrogen (secondary N) is 1. The first-order valence-corrected chi connectivity index (χ1v) is 18.5. The van der Waals surface area contributed by atoms with Crippen LogP contribution in [-0.4, -0.2) is 57.5 Å². The predicted octanol–water partition coefficient (Wildman–Crippen LogP) is 5.28. The fraction of sp³-hybridized carbons (Fsp3) is 0.250. The Hall–Kier alpha value is -6.67. The largest absolute Gasteiger partial charge is 0.364 e. The summed E-state index contributed by atoms with van der Waals surface area (Å²) in [6.07, 6.45) is 6.86. The second-order valence-electron chi connectivity index (χ2n) is 14.2. The summed E-state index contributed by atoms with van der Waals surface area (Å²) in [4.78, 5) is 74.9. The molecular formula is C44H38N6O5. The van der Waals surface area contributed by atoms with Crippen molar-refractivity contribution in [1.82, 2.24) is 20.2 Å². The number of imide groups is 1. The number of hydrogen-bond donors (Lipinski definition) is 2. The molecule has 11 heteroatoms. The number of benzene rings is 3. The van der Waals surface area contributed by atoms with Crippen LogP contribution in [0.2, 0.25) is 0 Å². The van der Waals surface area contributed by atoms with Crippen molar-refractivity contribution in [3.63, 3.8) is 0 Å². The normalized spacial score (nSPS) is 16.4. The number of rotatable bonds is 7. The van der Waals surface area contributed by atoms with Crippen molar-refractivity contribution >= 4 is 46.0 Å². The topological polar surface area (TPSA) is 156 Å². The molecule has 0 radical (unpaired) electrons. The molecule has 1 atom stereocenters. The third-order valence-electron chi connectivity index (χ3n) is 10.9. The summed E-state index contributed by atoms with van der Waals surface area (Å²) >= 11 is 0. The first-order chi connectivity index (χ1) is 26.6. The highest BCUT2D eigenvalue weighted by Gasteiger charge is 2.39. The number of aromatic nitrogens is 2. The minimum atomic E-state index is -0.706. The monoisotopic (exact) mass is 730 g/mol. The van der Waals surface area contributed by atoms with Crippen LogP contribution in [0.25, 0.3) is 33.2 Å². The van der Waals surface area contributed by atoms with Crippen LogP contribution in [0.15, 0.2) is 73.1 Å². The minimum absolute atomic E-state index is 0.121. The Morgan fingerprint density at radius 3 is 2.51 bits per heavy atom. The first kappa shape index (κ1) is 35.4. The molecule has 0 saturated carbocycles. The van der Waals surface area contributed by atoms with Gasteiger partial charge < -0.3 is 15.5 Å². The smallest absolute Gasteiger partial charge is 0.267 e. The maximum Gasteiger partial charge on any atom is 0.267 e. The maximum atomic E-state index is 13.2. The number of hydrogen-bond acceptors (Lipinski definition) is 7. The van der Waals surface area contributed by atoms with Crippen molar-refractivity contribution < 1.29 is 24.0 Å². The molecular weight excluding hydrogens is 693 g/mol. The molecule has 2 aromatic heterocycles. The van der Waals surface area contributed by atoms with Gasteiger partial charge >= 0.3 is 0 Å². The van der Waals surface area contributed by atoms with Crippen LogP contribution in [0.4, 0.5) is 5.69 Å². The van der Waals surface area contributed by atoms with E-state index in [0.717, 1.165) is 51.6 Å². The van der Waals surface area contributed by atoms with Gasteiger partial charge in [-0.2, -0.15) is 0 Å². The summed E-state index contributed by atoms with van der Waals surface area (Å²) in [7, 11) is 1.84. The SMILES string of the molecule is CCc1cc(-c2cccc3cc(-c4cnc(C(N)=O)c(CCC#Cc5cccc6c5CN(C5CCC(=O)NC5=O)C6=O)c4)ncc23)cc2c1CCC(=O)N2C. The molecule has 5 aromatic rings. The lowest BCUT2D eigenvalue weighted by atomic mass is 9.89. The van der Waals surface area contributed by atoms with E-state index in [4.69, 9.17) is 10.7 Å². The zero-order valence-corrected chi connectivity index (χ0v) is 30.6. The van der Waals surface area contributed by atoms with Crippen molar-refractivity contribution in [3.8, 4) is 34.2 Å². The van der Waals surface area contributed by atoms with Gasteiger partial charge in [0.1, 0.15) is 11.7 Å². The van der Waals surface area contributed by atoms with Crippen molar-refractivity contribution in [1.29, 1.82) is 0 Å². The molecule has 5 amide bonds. The quantitative estimate of drug-likeness (QED) is 0.171. The molecule has 0 bridgehead atoms. The van der Waals surface area contributed by atoms with Crippen LogP contribution in [0.1, 0.15) is 81.3 Å². The van der Waals surface area contributed by atoms with E-state index in [9.17, 15) is 24.0 Å². The van der Waals surface area contributed by atoms with E-state index in [1.165, 1.54) is 16.0 Å². The third-order valence-corrected chi connectivity index (χ3v) is 10.9. The number of anilines is 1. The fourth-order valence-electron chi connectivity index (χ4n) is 8.01. The number of aryl methyl sites for hydroxylation is 2. The van der Waals surface area contributed by atoms with Gasteiger partial charge in [-0.25, -0.2) is 0 Å². The van der Waals surface area contributed by atoms with Gasteiger partial charge in [0, 0.05) is 73.0 Å². The van der Waals surface area contributed by atoms with Gasteiger partial charge in [-0.15, -0.1) is 0 Å². The molecule has 11 nitrogen and oxygen atoms in total. The number of primary amides is 1. The predicted molar refractivity (Wildman–Crippen MR) is 208 cm³/mol. The lowest BCUT2D eigenvalue weighted by Crippen LogP contribution is -2.52. The Morgan fingerprint density at radius 2 is 1.71 bits per heavy atom. The van der Waals surface area contributed by atoms with Gasteiger partial charge in [0.15, 0.2) is 0 Å². The standard InChI is InChI=1S/C44H38N6O5/c1-3-25-18-29(21-38-32(25)14-17-40(52)49(38)2)31-12-7-11-27-20-36(46-23-34(27)31)30-19-28(41(42(45)53)47-22-30)9-5-4-8-26-10-6-13-33-35(26)24-50(44(33)55)37-15-16-39(51)48-43(37)54/h6-7,10-13,18-23,37H,3,5,9,14-17,24H2,1-2H3,(H2,45,53)(H,48,51,54). The average Bonchev–Trinajstić information content (AvgIpc) is 3.53. The van der Waals surface area contributed by atoms with Crippen LogP contribution in [-0.2, 0) is 40.2 Å². The highest BCUT2D eigenvalue weighted by atomic mass is 16.2. The Balaban J connectivity index is 1.04. The second-order valence-corrected chi connectivity index (χ2v) is 14.2. The molecule has 5 heterocycles. The van der Waals surface area contributed by atoms with Crippen molar-refractivity contribution in [2.75, 3.05) is 11.9 Å². The van der Waals surface area contributed by atoms with Crippen LogP contribution in [0.3, 0.4) is 0 Å². The lowest BCUT2D eigenvalue weighted by Gasteiger charge is -2.29. The van der Waals surface area contributed by atoms with Crippen molar-refractivity contribution in [2.24, 2.45) is 5.73 Å². The number of nitrogens with two attached hydrogens (primary N) is 1. The van der Waals surface area contributed by atoms with Gasteiger partial charge in [0.2, 0.25) is 17.7 Å². The van der Waals surface area contributed by atoms with Crippen molar-refractivity contribution in [2.45, 2.75) is 64.5 Å². The van der Waals surface area contributed by atoms with Crippen LogP contribution >= 0.6 is 0 Å². The molecule has 1 saturated heterocycles. The average molecular weight is 731 g/mol. The molecule has 8 rings (SSSR count).